The van der Waals surface area contributed by atoms with Crippen LogP contribution in [0.5, 0.6) is 0 Å². The summed E-state index contributed by atoms with van der Waals surface area (Å²) < 4.78 is 42.2. The minimum Gasteiger partial charge on any atom is -0.475 e. The number of methoxy groups -OCH3 is 1. The molecule has 2 fully saturated rings. The Balaban J connectivity index is 0.000000339. The summed E-state index contributed by atoms with van der Waals surface area (Å²) in [6.07, 6.45) is -3.59. The van der Waals surface area contributed by atoms with E-state index in [1.165, 1.54) is 6.42 Å². The first-order valence-corrected chi connectivity index (χ1v) is 9.76. The van der Waals surface area contributed by atoms with E-state index in [-0.39, 0.29) is 5.91 Å². The van der Waals surface area contributed by atoms with Gasteiger partial charge in [-0.1, -0.05) is 17.3 Å². The van der Waals surface area contributed by atoms with Crippen molar-refractivity contribution in [3.8, 4) is 0 Å². The number of benzene rings is 1. The average molecular weight is 443 g/mol. The number of carboxylic acids is 1. The Morgan fingerprint density at radius 1 is 1.26 bits per heavy atom. The second kappa shape index (κ2) is 9.23. The number of para-hydroxylation sites is 1. The summed E-state index contributed by atoms with van der Waals surface area (Å²) in [4.78, 5) is 25.8. The van der Waals surface area contributed by atoms with Gasteiger partial charge in [-0.3, -0.25) is 4.79 Å². The van der Waals surface area contributed by atoms with Gasteiger partial charge in [-0.15, -0.1) is 0 Å². The number of aliphatic carboxylic acids is 1. The predicted octanol–water partition coefficient (Wildman–Crippen LogP) is 2.18. The van der Waals surface area contributed by atoms with E-state index in [2.05, 4.69) is 10.1 Å². The maximum atomic E-state index is 12.5. The van der Waals surface area contributed by atoms with E-state index in [4.69, 9.17) is 19.2 Å². The molecule has 2 aliphatic heterocycles. The average Bonchev–Trinajstić information content (AvgIpc) is 3.30. The third kappa shape index (κ3) is 5.53. The van der Waals surface area contributed by atoms with Gasteiger partial charge >= 0.3 is 12.1 Å². The quantitative estimate of drug-likeness (QED) is 0.757. The molecule has 0 saturated carbocycles. The van der Waals surface area contributed by atoms with E-state index in [9.17, 15) is 18.0 Å². The molecule has 1 aromatic carbocycles. The molecule has 8 nitrogen and oxygen atoms in total. The molecule has 0 aliphatic carbocycles. The third-order valence-corrected chi connectivity index (χ3v) is 5.55. The van der Waals surface area contributed by atoms with Gasteiger partial charge in [-0.05, 0) is 25.1 Å². The van der Waals surface area contributed by atoms with E-state index >= 15 is 0 Å². The number of nitrogens with zero attached hydrogens (tertiary/aromatic N) is 3. The topological polar surface area (TPSA) is 96.1 Å². The van der Waals surface area contributed by atoms with Gasteiger partial charge in [0.1, 0.15) is 5.69 Å². The van der Waals surface area contributed by atoms with Crippen LogP contribution in [0, 0.1) is 5.41 Å². The summed E-state index contributed by atoms with van der Waals surface area (Å²) in [5, 5.41) is 12.1. The number of likely N-dealkylation sites (tertiary alicyclic amines) is 2. The Hall–Kier alpha value is -2.66. The van der Waals surface area contributed by atoms with E-state index in [0.717, 1.165) is 56.0 Å². The lowest BCUT2D eigenvalue weighted by Gasteiger charge is -2.48. The Kier molecular flexibility index (Phi) is 6.85. The number of carbonyl (C=O) groups excluding carboxylic acids is 1. The summed E-state index contributed by atoms with van der Waals surface area (Å²) in [7, 11) is 1.74. The molecule has 2 aliphatic rings. The predicted molar refractivity (Wildman–Crippen MR) is 103 cm³/mol. The number of aromatic nitrogens is 1. The van der Waals surface area contributed by atoms with Gasteiger partial charge in [0, 0.05) is 44.1 Å². The Labute approximate surface area is 176 Å². The summed E-state index contributed by atoms with van der Waals surface area (Å²) in [6, 6.07) is 7.69. The normalized spacial score (nSPS) is 18.0. The SMILES string of the molecule is COCCN1CCC2(C1)CN(C(=O)Cc1noc3ccccc13)C2.O=C(O)C(F)(F)F. The molecule has 11 heteroatoms. The molecule has 1 N–H and O–H groups in total. The molecule has 1 spiro atoms. The van der Waals surface area contributed by atoms with Crippen LogP contribution in [-0.2, 0) is 20.7 Å². The van der Waals surface area contributed by atoms with Crippen molar-refractivity contribution in [3.63, 3.8) is 0 Å². The van der Waals surface area contributed by atoms with Crippen molar-refractivity contribution in [2.24, 2.45) is 5.41 Å². The van der Waals surface area contributed by atoms with Crippen LogP contribution < -0.4 is 0 Å². The van der Waals surface area contributed by atoms with E-state index in [1.54, 1.807) is 7.11 Å². The minimum atomic E-state index is -5.08. The lowest BCUT2D eigenvalue weighted by Crippen LogP contribution is -2.59. The highest BCUT2D eigenvalue weighted by molar-refractivity contribution is 5.86. The maximum absolute atomic E-state index is 12.5. The van der Waals surface area contributed by atoms with Crippen LogP contribution in [0.15, 0.2) is 28.8 Å². The molecule has 1 aromatic heterocycles. The molecule has 0 unspecified atom stereocenters. The van der Waals surface area contributed by atoms with Crippen molar-refractivity contribution in [3.05, 3.63) is 30.0 Å². The number of ether oxygens (including phenoxy) is 1. The fourth-order valence-corrected chi connectivity index (χ4v) is 3.96. The van der Waals surface area contributed by atoms with Crippen LogP contribution in [0.3, 0.4) is 0 Å². The molecular formula is C20H24F3N3O5. The number of hydrogen-bond donors (Lipinski definition) is 1. The van der Waals surface area contributed by atoms with Gasteiger partial charge in [0.25, 0.3) is 0 Å². The monoisotopic (exact) mass is 443 g/mol. The number of carbonyl (C=O) groups is 2. The molecule has 31 heavy (non-hydrogen) atoms. The second-order valence-corrected chi connectivity index (χ2v) is 7.87. The zero-order valence-corrected chi connectivity index (χ0v) is 17.0. The van der Waals surface area contributed by atoms with Gasteiger partial charge in [0.05, 0.1) is 13.0 Å². The highest BCUT2D eigenvalue weighted by Gasteiger charge is 2.48. The summed E-state index contributed by atoms with van der Waals surface area (Å²) in [6.45, 7) is 5.68. The molecule has 2 aromatic rings. The number of carboxylic acid groups (broad SMARTS) is 1. The lowest BCUT2D eigenvalue weighted by molar-refractivity contribution is -0.192. The van der Waals surface area contributed by atoms with Crippen LogP contribution in [0.2, 0.25) is 0 Å². The van der Waals surface area contributed by atoms with Crippen molar-refractivity contribution in [2.45, 2.75) is 19.0 Å². The van der Waals surface area contributed by atoms with Crippen molar-refractivity contribution < 1.29 is 37.1 Å². The molecule has 2 saturated heterocycles. The fraction of sp³-hybridized carbons (Fsp3) is 0.550. The number of alkyl halides is 3. The summed E-state index contributed by atoms with van der Waals surface area (Å²) in [5.74, 6) is -2.61. The van der Waals surface area contributed by atoms with E-state index in [1.807, 2.05) is 29.2 Å². The van der Waals surface area contributed by atoms with Crippen molar-refractivity contribution >= 4 is 22.8 Å². The van der Waals surface area contributed by atoms with E-state index < -0.39 is 12.1 Å². The summed E-state index contributed by atoms with van der Waals surface area (Å²) in [5.41, 5.74) is 1.78. The Morgan fingerprint density at radius 3 is 2.58 bits per heavy atom. The fourth-order valence-electron chi connectivity index (χ4n) is 3.96. The van der Waals surface area contributed by atoms with Gasteiger partial charge in [-0.2, -0.15) is 13.2 Å². The second-order valence-electron chi connectivity index (χ2n) is 7.87. The molecular weight excluding hydrogens is 419 g/mol. The van der Waals surface area contributed by atoms with Crippen LogP contribution in [-0.4, -0.2) is 84.6 Å². The standard InChI is InChI=1S/C18H23N3O3.C2HF3O2/c1-23-9-8-20-7-6-18(11-20)12-21(13-18)17(22)10-15-14-4-2-3-5-16(14)24-19-15;3-2(4,5)1(6)7/h2-5H,6-13H2,1H3;(H,6,7). The maximum Gasteiger partial charge on any atom is 0.490 e. The van der Waals surface area contributed by atoms with Crippen LogP contribution in [0.1, 0.15) is 12.1 Å². The molecule has 170 valence electrons. The van der Waals surface area contributed by atoms with E-state index in [0.29, 0.717) is 11.8 Å². The smallest absolute Gasteiger partial charge is 0.475 e. The van der Waals surface area contributed by atoms with Gasteiger partial charge in [0.2, 0.25) is 5.91 Å². The van der Waals surface area contributed by atoms with Crippen molar-refractivity contribution in [1.29, 1.82) is 0 Å². The van der Waals surface area contributed by atoms with Crippen LogP contribution in [0.4, 0.5) is 13.2 Å². The molecule has 4 rings (SSSR count). The van der Waals surface area contributed by atoms with Crippen LogP contribution >= 0.6 is 0 Å². The van der Waals surface area contributed by atoms with Gasteiger partial charge < -0.3 is 24.2 Å². The molecule has 0 radical (unpaired) electrons. The molecule has 1 amide bonds. The van der Waals surface area contributed by atoms with Gasteiger partial charge in [0.15, 0.2) is 5.58 Å². The van der Waals surface area contributed by atoms with Crippen molar-refractivity contribution in [1.82, 2.24) is 15.0 Å². The van der Waals surface area contributed by atoms with Gasteiger partial charge in [-0.25, -0.2) is 4.79 Å². The first-order valence-electron chi connectivity index (χ1n) is 9.76. The number of halogens is 3. The third-order valence-electron chi connectivity index (χ3n) is 5.55. The zero-order chi connectivity index (χ0) is 22.6. The first-order chi connectivity index (χ1) is 14.6. The number of hydrogen-bond acceptors (Lipinski definition) is 6. The molecule has 0 bridgehead atoms. The first kappa shape index (κ1) is 23.0. The largest absolute Gasteiger partial charge is 0.490 e. The Bertz CT molecular complexity index is 924. The highest BCUT2D eigenvalue weighted by Crippen LogP contribution is 2.39. The van der Waals surface area contributed by atoms with Crippen LogP contribution in [0.25, 0.3) is 11.0 Å². The number of fused-ring (bicyclic) bond motifs is 1. The number of rotatable bonds is 5. The number of amides is 1. The minimum absolute atomic E-state index is 0.148. The Morgan fingerprint density at radius 2 is 1.94 bits per heavy atom. The van der Waals surface area contributed by atoms with Crippen molar-refractivity contribution in [2.75, 3.05) is 46.4 Å². The highest BCUT2D eigenvalue weighted by atomic mass is 19.4. The lowest BCUT2D eigenvalue weighted by atomic mass is 9.79. The zero-order valence-electron chi connectivity index (χ0n) is 17.0. The molecule has 0 atom stereocenters. The summed E-state index contributed by atoms with van der Waals surface area (Å²) >= 11 is 0. The molecule has 3 heterocycles.